The molecule has 0 spiro atoms. The van der Waals surface area contributed by atoms with Gasteiger partial charge >= 0.3 is 0 Å². The highest BCUT2D eigenvalue weighted by molar-refractivity contribution is 5.16. The summed E-state index contributed by atoms with van der Waals surface area (Å²) in [7, 11) is 0. The second-order valence-corrected chi connectivity index (χ2v) is 5.42. The second kappa shape index (κ2) is 4.52. The smallest absolute Gasteiger partial charge is 0.0508 e. The summed E-state index contributed by atoms with van der Waals surface area (Å²) in [6, 6.07) is 4.30. The van der Waals surface area contributed by atoms with Crippen LogP contribution < -0.4 is 11.3 Å². The molecule has 0 amide bonds. The van der Waals surface area contributed by atoms with Crippen LogP contribution in [0, 0.1) is 11.3 Å². The molecule has 3 heteroatoms. The van der Waals surface area contributed by atoms with Gasteiger partial charge in [0.25, 0.3) is 0 Å². The third-order valence-electron chi connectivity index (χ3n) is 3.97. The molecule has 1 aromatic rings. The lowest BCUT2D eigenvalue weighted by Crippen LogP contribution is -2.37. The van der Waals surface area contributed by atoms with E-state index in [-0.39, 0.29) is 6.04 Å². The van der Waals surface area contributed by atoms with Crippen molar-refractivity contribution >= 4 is 0 Å². The summed E-state index contributed by atoms with van der Waals surface area (Å²) in [5.41, 5.74) is 4.54. The van der Waals surface area contributed by atoms with Crippen molar-refractivity contribution < 1.29 is 0 Å². The van der Waals surface area contributed by atoms with Crippen LogP contribution >= 0.6 is 0 Å². The van der Waals surface area contributed by atoms with E-state index < -0.39 is 0 Å². The summed E-state index contributed by atoms with van der Waals surface area (Å²) in [6.45, 7) is 4.68. The van der Waals surface area contributed by atoms with E-state index in [4.69, 9.17) is 5.84 Å². The molecule has 2 unspecified atom stereocenters. The molecule has 1 fully saturated rings. The molecular formula is C13H21N3. The van der Waals surface area contributed by atoms with Crippen LogP contribution in [0.25, 0.3) is 0 Å². The van der Waals surface area contributed by atoms with Crippen molar-refractivity contribution in [2.24, 2.45) is 17.2 Å². The maximum Gasteiger partial charge on any atom is 0.0508 e. The third-order valence-corrected chi connectivity index (χ3v) is 3.97. The number of aromatic nitrogens is 1. The molecule has 0 radical (unpaired) electrons. The van der Waals surface area contributed by atoms with Gasteiger partial charge in [0, 0.05) is 12.4 Å². The summed E-state index contributed by atoms with van der Waals surface area (Å²) in [4.78, 5) is 4.18. The number of hydrogen-bond acceptors (Lipinski definition) is 3. The second-order valence-electron chi connectivity index (χ2n) is 5.42. The van der Waals surface area contributed by atoms with Crippen LogP contribution in [0.1, 0.15) is 44.7 Å². The summed E-state index contributed by atoms with van der Waals surface area (Å²) in [5, 5.41) is 0. The molecule has 0 bridgehead atoms. The molecule has 0 saturated heterocycles. The van der Waals surface area contributed by atoms with Gasteiger partial charge in [-0.1, -0.05) is 26.3 Å². The maximum absolute atomic E-state index is 5.73. The first kappa shape index (κ1) is 11.6. The quantitative estimate of drug-likeness (QED) is 0.606. The lowest BCUT2D eigenvalue weighted by Gasteiger charge is -2.33. The summed E-state index contributed by atoms with van der Waals surface area (Å²) >= 11 is 0. The normalized spacial score (nSPS) is 25.6. The Morgan fingerprint density at radius 2 is 2.38 bits per heavy atom. The molecule has 1 saturated carbocycles. The fraction of sp³-hybridized carbons (Fsp3) is 0.615. The molecule has 1 aliphatic carbocycles. The molecule has 3 N–H and O–H groups in total. The minimum Gasteiger partial charge on any atom is -0.271 e. The zero-order chi connectivity index (χ0) is 11.6. The molecule has 2 rings (SSSR count). The van der Waals surface area contributed by atoms with E-state index in [9.17, 15) is 0 Å². The number of rotatable bonds is 3. The van der Waals surface area contributed by atoms with Crippen LogP contribution in [0.4, 0.5) is 0 Å². The molecule has 0 aromatic carbocycles. The first-order valence-corrected chi connectivity index (χ1v) is 6.01. The van der Waals surface area contributed by atoms with Gasteiger partial charge in [0.1, 0.15) is 0 Å². The Hall–Kier alpha value is -0.930. The zero-order valence-electron chi connectivity index (χ0n) is 10.1. The van der Waals surface area contributed by atoms with Crippen molar-refractivity contribution in [1.82, 2.24) is 10.4 Å². The molecule has 1 aromatic heterocycles. The van der Waals surface area contributed by atoms with E-state index >= 15 is 0 Å². The molecule has 0 aliphatic heterocycles. The summed E-state index contributed by atoms with van der Waals surface area (Å²) < 4.78 is 0. The van der Waals surface area contributed by atoms with Gasteiger partial charge in [-0.05, 0) is 35.8 Å². The number of pyridine rings is 1. The van der Waals surface area contributed by atoms with Crippen LogP contribution in [-0.4, -0.2) is 4.98 Å². The minimum atomic E-state index is 0.228. The lowest BCUT2D eigenvalue weighted by atomic mass is 9.76. The molecule has 3 nitrogen and oxygen atoms in total. The fourth-order valence-corrected chi connectivity index (χ4v) is 2.98. The van der Waals surface area contributed by atoms with Crippen molar-refractivity contribution in [3.8, 4) is 0 Å². The van der Waals surface area contributed by atoms with Crippen molar-refractivity contribution in [1.29, 1.82) is 0 Å². The first-order chi connectivity index (χ1) is 7.65. The maximum atomic E-state index is 5.73. The van der Waals surface area contributed by atoms with Crippen LogP contribution in [0.2, 0.25) is 0 Å². The van der Waals surface area contributed by atoms with E-state index in [0.717, 1.165) is 0 Å². The lowest BCUT2D eigenvalue weighted by molar-refractivity contribution is 0.198. The molecule has 16 heavy (non-hydrogen) atoms. The van der Waals surface area contributed by atoms with E-state index in [0.29, 0.717) is 11.3 Å². The van der Waals surface area contributed by atoms with E-state index in [1.165, 1.54) is 24.8 Å². The number of nitrogens with two attached hydrogens (primary N) is 1. The minimum absolute atomic E-state index is 0.228. The van der Waals surface area contributed by atoms with Gasteiger partial charge in [0.2, 0.25) is 0 Å². The standard InChI is InChI=1S/C13H21N3/c1-13(2)7-3-6-11(13)12(16-14)10-5-4-8-15-9-10/h4-5,8-9,11-12,16H,3,6-7,14H2,1-2H3. The molecule has 2 atom stereocenters. The highest BCUT2D eigenvalue weighted by Crippen LogP contribution is 2.48. The first-order valence-electron chi connectivity index (χ1n) is 6.01. The number of hydrazine groups is 1. The molecule has 88 valence electrons. The topological polar surface area (TPSA) is 50.9 Å². The van der Waals surface area contributed by atoms with Gasteiger partial charge in [-0.2, -0.15) is 0 Å². The van der Waals surface area contributed by atoms with Crippen molar-refractivity contribution in [3.63, 3.8) is 0 Å². The predicted molar refractivity (Wildman–Crippen MR) is 65.4 cm³/mol. The summed E-state index contributed by atoms with van der Waals surface area (Å²) in [6.07, 6.45) is 7.55. The van der Waals surface area contributed by atoms with E-state index in [1.807, 2.05) is 12.3 Å². The van der Waals surface area contributed by atoms with Crippen LogP contribution in [0.15, 0.2) is 24.5 Å². The van der Waals surface area contributed by atoms with E-state index in [1.54, 1.807) is 6.20 Å². The van der Waals surface area contributed by atoms with Gasteiger partial charge < -0.3 is 0 Å². The predicted octanol–water partition coefficient (Wildman–Crippen LogP) is 2.41. The average Bonchev–Trinajstić information content (AvgIpc) is 2.62. The SMILES string of the molecule is CC1(C)CCCC1C(NN)c1cccnc1. The number of nitrogens with one attached hydrogen (secondary N) is 1. The third kappa shape index (κ3) is 2.11. The molecular weight excluding hydrogens is 198 g/mol. The Morgan fingerprint density at radius 3 is 2.88 bits per heavy atom. The van der Waals surface area contributed by atoms with E-state index in [2.05, 4.69) is 30.3 Å². The van der Waals surface area contributed by atoms with Gasteiger partial charge in [0.05, 0.1) is 6.04 Å². The zero-order valence-corrected chi connectivity index (χ0v) is 10.1. The Kier molecular flexibility index (Phi) is 3.26. The van der Waals surface area contributed by atoms with Crippen molar-refractivity contribution in [2.75, 3.05) is 0 Å². The van der Waals surface area contributed by atoms with Gasteiger partial charge in [-0.3, -0.25) is 16.3 Å². The monoisotopic (exact) mass is 219 g/mol. The van der Waals surface area contributed by atoms with Gasteiger partial charge in [0.15, 0.2) is 0 Å². The largest absolute Gasteiger partial charge is 0.271 e. The van der Waals surface area contributed by atoms with Gasteiger partial charge in [-0.25, -0.2) is 0 Å². The number of hydrogen-bond donors (Lipinski definition) is 2. The van der Waals surface area contributed by atoms with Crippen molar-refractivity contribution in [3.05, 3.63) is 30.1 Å². The van der Waals surface area contributed by atoms with Crippen LogP contribution in [0.5, 0.6) is 0 Å². The van der Waals surface area contributed by atoms with Crippen LogP contribution in [0.3, 0.4) is 0 Å². The molecule has 1 aliphatic rings. The summed E-state index contributed by atoms with van der Waals surface area (Å²) in [5.74, 6) is 6.33. The Morgan fingerprint density at radius 1 is 1.56 bits per heavy atom. The highest BCUT2D eigenvalue weighted by Gasteiger charge is 2.39. The number of nitrogens with zero attached hydrogens (tertiary/aromatic N) is 1. The fourth-order valence-electron chi connectivity index (χ4n) is 2.98. The highest BCUT2D eigenvalue weighted by atomic mass is 15.2. The Balaban J connectivity index is 2.23. The Bertz CT molecular complexity index is 334. The average molecular weight is 219 g/mol. The van der Waals surface area contributed by atoms with Crippen molar-refractivity contribution in [2.45, 2.75) is 39.2 Å². The van der Waals surface area contributed by atoms with Gasteiger partial charge in [-0.15, -0.1) is 0 Å². The van der Waals surface area contributed by atoms with Crippen LogP contribution in [-0.2, 0) is 0 Å². The molecule has 1 heterocycles. The Labute approximate surface area is 97.4 Å².